The van der Waals surface area contributed by atoms with E-state index in [1.807, 2.05) is 5.38 Å². The van der Waals surface area contributed by atoms with Crippen molar-refractivity contribution in [2.45, 2.75) is 0 Å². The number of hydrogen-bond donors (Lipinski definition) is 1. The molecule has 96 valence electrons. The van der Waals surface area contributed by atoms with Gasteiger partial charge in [0.1, 0.15) is 16.9 Å². The van der Waals surface area contributed by atoms with Crippen molar-refractivity contribution in [3.8, 4) is 28.2 Å². The van der Waals surface area contributed by atoms with Crippen LogP contribution in [-0.2, 0) is 0 Å². The van der Waals surface area contributed by atoms with Crippen molar-refractivity contribution in [1.82, 2.24) is 20.1 Å². The Morgan fingerprint density at radius 1 is 1.37 bits per heavy atom. The highest BCUT2D eigenvalue weighted by molar-refractivity contribution is 7.14. The largest absolute Gasteiger partial charge is 0.481 e. The Labute approximate surface area is 112 Å². The van der Waals surface area contributed by atoms with Crippen molar-refractivity contribution < 1.29 is 9.26 Å². The average Bonchev–Trinajstić information content (AvgIpc) is 3.07. The summed E-state index contributed by atoms with van der Waals surface area (Å²) in [6.07, 6.45) is 1.38. The molecule has 0 saturated carbocycles. The molecule has 0 fully saturated rings. The van der Waals surface area contributed by atoms with E-state index in [1.165, 1.54) is 24.8 Å². The van der Waals surface area contributed by atoms with Crippen LogP contribution < -0.4 is 10.5 Å². The summed E-state index contributed by atoms with van der Waals surface area (Å²) in [4.78, 5) is 13.0. The molecule has 8 heteroatoms. The third-order valence-corrected chi connectivity index (χ3v) is 3.31. The summed E-state index contributed by atoms with van der Waals surface area (Å²) in [5.74, 6) is 1.18. The monoisotopic (exact) mass is 275 g/mol. The van der Waals surface area contributed by atoms with E-state index in [0.717, 1.165) is 4.88 Å². The molecule has 0 saturated heterocycles. The van der Waals surface area contributed by atoms with E-state index >= 15 is 0 Å². The van der Waals surface area contributed by atoms with E-state index in [4.69, 9.17) is 15.0 Å². The zero-order valence-corrected chi connectivity index (χ0v) is 10.7. The summed E-state index contributed by atoms with van der Waals surface area (Å²) in [7, 11) is 1.53. The number of thiophene rings is 1. The molecular formula is C11H9N5O2S. The van der Waals surface area contributed by atoms with Gasteiger partial charge in [0.2, 0.25) is 11.7 Å². The number of methoxy groups -OCH3 is 1. The van der Waals surface area contributed by atoms with Crippen LogP contribution in [0, 0.1) is 0 Å². The molecule has 0 bridgehead atoms. The van der Waals surface area contributed by atoms with Gasteiger partial charge in [0.15, 0.2) is 0 Å². The van der Waals surface area contributed by atoms with E-state index in [2.05, 4.69) is 20.1 Å². The molecule has 2 N–H and O–H groups in total. The van der Waals surface area contributed by atoms with Gasteiger partial charge in [-0.2, -0.15) is 4.98 Å². The van der Waals surface area contributed by atoms with Crippen molar-refractivity contribution >= 4 is 17.0 Å². The van der Waals surface area contributed by atoms with Crippen LogP contribution >= 0.6 is 11.3 Å². The zero-order valence-electron chi connectivity index (χ0n) is 9.90. The summed E-state index contributed by atoms with van der Waals surface area (Å²) >= 11 is 1.44. The van der Waals surface area contributed by atoms with Crippen LogP contribution in [0.25, 0.3) is 22.3 Å². The van der Waals surface area contributed by atoms with Crippen LogP contribution in [0.4, 0.5) is 5.69 Å². The first-order valence-electron chi connectivity index (χ1n) is 5.31. The molecule has 3 heterocycles. The first-order chi connectivity index (χ1) is 9.28. The summed E-state index contributed by atoms with van der Waals surface area (Å²) in [6, 6.07) is 3.42. The molecule has 3 aromatic heterocycles. The summed E-state index contributed by atoms with van der Waals surface area (Å²) in [5, 5.41) is 5.74. The van der Waals surface area contributed by atoms with E-state index in [1.54, 1.807) is 12.1 Å². The second-order valence-corrected chi connectivity index (χ2v) is 4.49. The lowest BCUT2D eigenvalue weighted by atomic mass is 10.3. The van der Waals surface area contributed by atoms with Crippen LogP contribution in [0.5, 0.6) is 5.88 Å². The molecule has 0 aliphatic rings. The third kappa shape index (κ3) is 2.13. The maximum atomic E-state index is 5.80. The Bertz CT molecular complexity index is 708. The second-order valence-electron chi connectivity index (χ2n) is 3.57. The van der Waals surface area contributed by atoms with Gasteiger partial charge >= 0.3 is 0 Å². The van der Waals surface area contributed by atoms with Gasteiger partial charge < -0.3 is 15.0 Å². The molecule has 0 aliphatic heterocycles. The van der Waals surface area contributed by atoms with Crippen molar-refractivity contribution in [3.63, 3.8) is 0 Å². The van der Waals surface area contributed by atoms with Crippen molar-refractivity contribution in [2.24, 2.45) is 0 Å². The molecule has 0 aliphatic carbocycles. The number of ether oxygens (including phenoxy) is 1. The van der Waals surface area contributed by atoms with Crippen LogP contribution in [0.1, 0.15) is 0 Å². The minimum atomic E-state index is 0.364. The van der Waals surface area contributed by atoms with Crippen LogP contribution in [0.15, 0.2) is 28.4 Å². The Morgan fingerprint density at radius 2 is 2.26 bits per heavy atom. The lowest BCUT2D eigenvalue weighted by molar-refractivity contribution is 0.397. The molecule has 19 heavy (non-hydrogen) atoms. The molecule has 0 unspecified atom stereocenters. The van der Waals surface area contributed by atoms with Crippen molar-refractivity contribution in [2.75, 3.05) is 12.8 Å². The van der Waals surface area contributed by atoms with Gasteiger partial charge in [-0.1, -0.05) is 5.16 Å². The summed E-state index contributed by atoms with van der Waals surface area (Å²) in [5.41, 5.74) is 6.94. The number of hydrogen-bond acceptors (Lipinski definition) is 8. The zero-order chi connectivity index (χ0) is 13.2. The highest BCUT2D eigenvalue weighted by atomic mass is 32.1. The van der Waals surface area contributed by atoms with E-state index < -0.39 is 0 Å². The number of nitrogens with zero attached hydrogens (tertiary/aromatic N) is 4. The van der Waals surface area contributed by atoms with E-state index in [9.17, 15) is 0 Å². The third-order valence-electron chi connectivity index (χ3n) is 2.40. The van der Waals surface area contributed by atoms with Gasteiger partial charge in [-0.15, -0.1) is 11.3 Å². The van der Waals surface area contributed by atoms with Gasteiger partial charge in [0, 0.05) is 6.07 Å². The number of aromatic nitrogens is 4. The quantitative estimate of drug-likeness (QED) is 0.778. The van der Waals surface area contributed by atoms with Crippen molar-refractivity contribution in [1.29, 1.82) is 0 Å². The number of rotatable bonds is 3. The first kappa shape index (κ1) is 11.6. The molecule has 7 nitrogen and oxygen atoms in total. The number of nitrogen functional groups attached to an aromatic ring is 1. The predicted molar refractivity (Wildman–Crippen MR) is 69.6 cm³/mol. The average molecular weight is 275 g/mol. The van der Waals surface area contributed by atoms with E-state index in [-0.39, 0.29) is 0 Å². The second kappa shape index (κ2) is 4.65. The van der Waals surface area contributed by atoms with Gasteiger partial charge in [-0.3, -0.25) is 0 Å². The Balaban J connectivity index is 1.99. The fraction of sp³-hybridized carbons (Fsp3) is 0.0909. The molecular weight excluding hydrogens is 266 g/mol. The standard InChI is InChI=1S/C11H9N5O2S/c1-17-8-4-7(13-5-14-8)10-15-11(18-16-10)9-6(12)2-3-19-9/h2-5H,12H2,1H3. The lowest BCUT2D eigenvalue weighted by Gasteiger charge is -1.97. The smallest absolute Gasteiger partial charge is 0.270 e. The van der Waals surface area contributed by atoms with E-state index in [0.29, 0.717) is 29.0 Å². The van der Waals surface area contributed by atoms with Gasteiger partial charge in [-0.05, 0) is 11.4 Å². The Morgan fingerprint density at radius 3 is 3.00 bits per heavy atom. The molecule has 0 radical (unpaired) electrons. The highest BCUT2D eigenvalue weighted by Crippen LogP contribution is 2.31. The molecule has 0 aromatic carbocycles. The normalized spacial score (nSPS) is 10.6. The molecule has 3 rings (SSSR count). The fourth-order valence-corrected chi connectivity index (χ4v) is 2.22. The van der Waals surface area contributed by atoms with Crippen LogP contribution in [-0.4, -0.2) is 27.2 Å². The maximum absolute atomic E-state index is 5.80. The lowest BCUT2D eigenvalue weighted by Crippen LogP contribution is -1.92. The number of anilines is 1. The minimum absolute atomic E-state index is 0.364. The molecule has 0 amide bonds. The topological polar surface area (TPSA) is 100.0 Å². The minimum Gasteiger partial charge on any atom is -0.481 e. The Hall–Kier alpha value is -2.48. The molecule has 0 spiro atoms. The molecule has 3 aromatic rings. The predicted octanol–water partition coefficient (Wildman–Crippen LogP) is 1.85. The maximum Gasteiger partial charge on any atom is 0.270 e. The van der Waals surface area contributed by atoms with Crippen LogP contribution in [0.3, 0.4) is 0 Å². The summed E-state index contributed by atoms with van der Waals surface area (Å²) in [6.45, 7) is 0. The Kier molecular flexibility index (Phi) is 2.84. The van der Waals surface area contributed by atoms with Gasteiger partial charge in [-0.25, -0.2) is 9.97 Å². The first-order valence-corrected chi connectivity index (χ1v) is 6.19. The van der Waals surface area contributed by atoms with Gasteiger partial charge in [0.25, 0.3) is 5.89 Å². The van der Waals surface area contributed by atoms with Gasteiger partial charge in [0.05, 0.1) is 12.8 Å². The van der Waals surface area contributed by atoms with Crippen molar-refractivity contribution in [3.05, 3.63) is 23.8 Å². The summed E-state index contributed by atoms with van der Waals surface area (Å²) < 4.78 is 10.2. The highest BCUT2D eigenvalue weighted by Gasteiger charge is 2.15. The fourth-order valence-electron chi connectivity index (χ4n) is 1.49. The molecule has 0 atom stereocenters. The van der Waals surface area contributed by atoms with Crippen LogP contribution in [0.2, 0.25) is 0 Å². The SMILES string of the molecule is COc1cc(-c2noc(-c3sccc3N)n2)ncn1. The number of nitrogens with two attached hydrogens (primary N) is 1.